The number of rotatable bonds is 70. The fourth-order valence-corrected chi connectivity index (χ4v) is 11.7. The predicted molar refractivity (Wildman–Crippen MR) is 361 cm³/mol. The Morgan fingerprint density at radius 3 is 0.866 bits per heavy atom. The molecule has 0 aromatic rings. The van der Waals surface area contributed by atoms with Gasteiger partial charge in [0.2, 0.25) is 5.91 Å². The van der Waals surface area contributed by atoms with Crippen LogP contribution in [0.4, 0.5) is 0 Å². The Labute approximate surface area is 513 Å². The Kier molecular flexibility index (Phi) is 69.9. The van der Waals surface area contributed by atoms with E-state index in [1.807, 2.05) is 6.08 Å². The molecule has 6 nitrogen and oxygen atoms in total. The van der Waals surface area contributed by atoms with Crippen molar-refractivity contribution in [3.05, 3.63) is 36.5 Å². The lowest BCUT2D eigenvalue weighted by Crippen LogP contribution is -2.45. The van der Waals surface area contributed by atoms with Crippen molar-refractivity contribution in [3.8, 4) is 0 Å². The van der Waals surface area contributed by atoms with Crippen LogP contribution in [0, 0.1) is 0 Å². The molecule has 1 amide bonds. The zero-order valence-electron chi connectivity index (χ0n) is 55.5. The third kappa shape index (κ3) is 67.2. The van der Waals surface area contributed by atoms with Crippen molar-refractivity contribution >= 4 is 11.9 Å². The van der Waals surface area contributed by atoms with Gasteiger partial charge in [0.25, 0.3) is 0 Å². The number of hydrogen-bond acceptors (Lipinski definition) is 5. The molecule has 0 rings (SSSR count). The summed E-state index contributed by atoms with van der Waals surface area (Å²) in [6.45, 7) is 4.92. The predicted octanol–water partition coefficient (Wildman–Crippen LogP) is 24.3. The van der Waals surface area contributed by atoms with Gasteiger partial charge in [-0.3, -0.25) is 9.59 Å². The zero-order chi connectivity index (χ0) is 59.2. The zero-order valence-corrected chi connectivity index (χ0v) is 55.5. The molecule has 484 valence electrons. The van der Waals surface area contributed by atoms with Crippen LogP contribution in [0.15, 0.2) is 36.5 Å². The van der Waals surface area contributed by atoms with E-state index < -0.39 is 12.1 Å². The summed E-state index contributed by atoms with van der Waals surface area (Å²) in [4.78, 5) is 24.6. The molecule has 0 saturated carbocycles. The molecule has 0 bridgehead atoms. The first-order chi connectivity index (χ1) is 40.5. The van der Waals surface area contributed by atoms with Gasteiger partial charge in [-0.25, -0.2) is 0 Å². The molecule has 0 aliphatic heterocycles. The highest BCUT2D eigenvalue weighted by Gasteiger charge is 2.18. The summed E-state index contributed by atoms with van der Waals surface area (Å²) in [6.07, 6.45) is 92.6. The van der Waals surface area contributed by atoms with Crippen LogP contribution in [0.1, 0.15) is 412 Å². The number of aliphatic hydroxyl groups excluding tert-OH is 2. The van der Waals surface area contributed by atoms with Crippen molar-refractivity contribution in [1.82, 2.24) is 5.32 Å². The van der Waals surface area contributed by atoms with Crippen LogP contribution in [-0.2, 0) is 14.3 Å². The highest BCUT2D eigenvalue weighted by molar-refractivity contribution is 5.76. The molecule has 0 aromatic carbocycles. The molecule has 0 radical (unpaired) electrons. The smallest absolute Gasteiger partial charge is 0.305 e. The molecule has 0 saturated heterocycles. The maximum atomic E-state index is 12.4. The van der Waals surface area contributed by atoms with Gasteiger partial charge >= 0.3 is 5.97 Å². The van der Waals surface area contributed by atoms with E-state index in [1.54, 1.807) is 6.08 Å². The lowest BCUT2D eigenvalue weighted by molar-refractivity contribution is -0.143. The maximum absolute atomic E-state index is 12.4. The molecule has 0 heterocycles. The fraction of sp³-hybridized carbons (Fsp3) is 0.895. The minimum absolute atomic E-state index is 0.0200. The molecule has 0 aliphatic carbocycles. The summed E-state index contributed by atoms with van der Waals surface area (Å²) in [6, 6.07) is -0.624. The maximum Gasteiger partial charge on any atom is 0.305 e. The van der Waals surface area contributed by atoms with Crippen LogP contribution in [0.3, 0.4) is 0 Å². The number of allylic oxidation sites excluding steroid dienone is 5. The SMILES string of the molecule is CCCCCCCC/C=C\CCCCCCCCCCCC(=O)OCCCCCCCCCCCCCCCC/C=C\CCCCCCCCCCCCCCCCCCCC(=O)NC(CO)C(O)/C=C/CCCCCCCCCCC. The Bertz CT molecular complexity index is 1330. The lowest BCUT2D eigenvalue weighted by Gasteiger charge is -2.20. The van der Waals surface area contributed by atoms with Crippen LogP contribution >= 0.6 is 0 Å². The lowest BCUT2D eigenvalue weighted by atomic mass is 10.0. The van der Waals surface area contributed by atoms with Crippen molar-refractivity contribution in [2.75, 3.05) is 13.2 Å². The van der Waals surface area contributed by atoms with Gasteiger partial charge in [-0.1, -0.05) is 352 Å². The van der Waals surface area contributed by atoms with Gasteiger partial charge in [0, 0.05) is 12.8 Å². The van der Waals surface area contributed by atoms with Gasteiger partial charge in [0.1, 0.15) is 0 Å². The monoisotopic (exact) mass is 1150 g/mol. The largest absolute Gasteiger partial charge is 0.466 e. The van der Waals surface area contributed by atoms with E-state index in [4.69, 9.17) is 4.74 Å². The van der Waals surface area contributed by atoms with Gasteiger partial charge in [-0.15, -0.1) is 0 Å². The molecule has 2 unspecified atom stereocenters. The van der Waals surface area contributed by atoms with Crippen LogP contribution < -0.4 is 5.32 Å². The number of aliphatic hydroxyl groups is 2. The van der Waals surface area contributed by atoms with E-state index in [9.17, 15) is 19.8 Å². The summed E-state index contributed by atoms with van der Waals surface area (Å²) in [5.41, 5.74) is 0. The second-order valence-electron chi connectivity index (χ2n) is 25.6. The Morgan fingerprint density at radius 2 is 0.573 bits per heavy atom. The highest BCUT2D eigenvalue weighted by atomic mass is 16.5. The Hall–Kier alpha value is -1.92. The number of nitrogens with one attached hydrogen (secondary N) is 1. The highest BCUT2D eigenvalue weighted by Crippen LogP contribution is 2.19. The van der Waals surface area contributed by atoms with Gasteiger partial charge in [0.05, 0.1) is 25.4 Å². The number of unbranched alkanes of at least 4 members (excludes halogenated alkanes) is 55. The van der Waals surface area contributed by atoms with Crippen molar-refractivity contribution in [1.29, 1.82) is 0 Å². The first-order valence-electron chi connectivity index (χ1n) is 37.3. The second-order valence-corrected chi connectivity index (χ2v) is 25.6. The molecule has 3 N–H and O–H groups in total. The molecule has 0 spiro atoms. The number of ether oxygens (including phenoxy) is 1. The third-order valence-corrected chi connectivity index (χ3v) is 17.4. The number of carbonyl (C=O) groups excluding carboxylic acids is 2. The van der Waals surface area contributed by atoms with Crippen LogP contribution in [0.2, 0.25) is 0 Å². The van der Waals surface area contributed by atoms with Crippen LogP contribution in [0.5, 0.6) is 0 Å². The van der Waals surface area contributed by atoms with E-state index in [0.29, 0.717) is 19.4 Å². The third-order valence-electron chi connectivity index (χ3n) is 17.4. The number of esters is 1. The van der Waals surface area contributed by atoms with E-state index >= 15 is 0 Å². The van der Waals surface area contributed by atoms with Crippen molar-refractivity contribution < 1.29 is 24.5 Å². The van der Waals surface area contributed by atoms with Gasteiger partial charge in [-0.05, 0) is 83.5 Å². The van der Waals surface area contributed by atoms with E-state index in [2.05, 4.69) is 43.5 Å². The summed E-state index contributed by atoms with van der Waals surface area (Å²) in [5.74, 6) is -0.0441. The average molecular weight is 1150 g/mol. The van der Waals surface area contributed by atoms with E-state index in [0.717, 1.165) is 38.5 Å². The second kappa shape index (κ2) is 71.6. The quantitative estimate of drug-likeness (QED) is 0.0320. The molecule has 0 aromatic heterocycles. The standard InChI is InChI=1S/C76H145NO5/c1-3-5-7-9-11-13-15-16-17-18-36-40-43-46-50-54-58-62-66-70-76(81)82-71-67-63-59-55-51-47-44-41-38-35-33-31-29-27-25-23-21-19-20-22-24-26-28-30-32-34-37-39-42-45-49-53-57-61-65-69-75(80)77-73(72-78)74(79)68-64-60-56-52-48-14-12-10-8-6-4-2/h16-17,21,23,64,68,73-74,78-79H,3-15,18-20,22,24-63,65-67,69-72H2,1-2H3,(H,77,80)/b17-16-,23-21-,68-64+. The van der Waals surface area contributed by atoms with Crippen molar-refractivity contribution in [2.45, 2.75) is 424 Å². The van der Waals surface area contributed by atoms with E-state index in [-0.39, 0.29) is 18.5 Å². The minimum atomic E-state index is -0.840. The Balaban J connectivity index is 3.32. The van der Waals surface area contributed by atoms with E-state index in [1.165, 1.54) is 347 Å². The van der Waals surface area contributed by atoms with Gasteiger partial charge < -0.3 is 20.3 Å². The number of carbonyl (C=O) groups is 2. The molecule has 2 atom stereocenters. The van der Waals surface area contributed by atoms with Gasteiger partial charge in [0.15, 0.2) is 0 Å². The normalized spacial score (nSPS) is 12.7. The topological polar surface area (TPSA) is 95.9 Å². The average Bonchev–Trinajstić information content (AvgIpc) is 3.48. The fourth-order valence-electron chi connectivity index (χ4n) is 11.7. The number of amides is 1. The minimum Gasteiger partial charge on any atom is -0.466 e. The number of hydrogen-bond donors (Lipinski definition) is 3. The summed E-state index contributed by atoms with van der Waals surface area (Å²) < 4.78 is 5.51. The summed E-state index contributed by atoms with van der Waals surface area (Å²) >= 11 is 0. The Morgan fingerprint density at radius 1 is 0.329 bits per heavy atom. The molecular formula is C76H145NO5. The summed E-state index contributed by atoms with van der Waals surface area (Å²) in [5, 5.41) is 23.1. The van der Waals surface area contributed by atoms with Crippen molar-refractivity contribution in [2.24, 2.45) is 0 Å². The molecule has 0 fully saturated rings. The first kappa shape index (κ1) is 80.1. The molecule has 82 heavy (non-hydrogen) atoms. The molecule has 6 heteroatoms. The molecule has 0 aliphatic rings. The first-order valence-corrected chi connectivity index (χ1v) is 37.3. The van der Waals surface area contributed by atoms with Gasteiger partial charge in [-0.2, -0.15) is 0 Å². The van der Waals surface area contributed by atoms with Crippen LogP contribution in [-0.4, -0.2) is 47.4 Å². The van der Waals surface area contributed by atoms with Crippen molar-refractivity contribution in [3.63, 3.8) is 0 Å². The summed E-state index contributed by atoms with van der Waals surface area (Å²) in [7, 11) is 0. The van der Waals surface area contributed by atoms with Crippen LogP contribution in [0.25, 0.3) is 0 Å². The molecular weight excluding hydrogens is 1010 g/mol.